The van der Waals surface area contributed by atoms with E-state index in [0.29, 0.717) is 12.0 Å². The highest BCUT2D eigenvalue weighted by molar-refractivity contribution is 5.64. The van der Waals surface area contributed by atoms with Crippen LogP contribution in [0.4, 0.5) is 5.69 Å². The quantitative estimate of drug-likeness (QED) is 0.834. The molecular formula is C23H29N3. The molecule has 0 saturated carbocycles. The number of pyridine rings is 1. The Morgan fingerprint density at radius 2 is 1.96 bits per heavy atom. The Hall–Kier alpha value is -1.87. The molecule has 3 aliphatic heterocycles. The number of fused-ring (bicyclic) bond motifs is 6. The van der Waals surface area contributed by atoms with Crippen molar-refractivity contribution < 1.29 is 0 Å². The van der Waals surface area contributed by atoms with Crippen LogP contribution >= 0.6 is 0 Å². The molecule has 5 rings (SSSR count). The number of aryl methyl sites for hydroxylation is 2. The van der Waals surface area contributed by atoms with Crippen LogP contribution in [0.15, 0.2) is 36.5 Å². The lowest BCUT2D eigenvalue weighted by Crippen LogP contribution is -2.51. The number of aromatic nitrogens is 1. The monoisotopic (exact) mass is 347 g/mol. The van der Waals surface area contributed by atoms with Crippen LogP contribution in [0.3, 0.4) is 0 Å². The highest BCUT2D eigenvalue weighted by Gasteiger charge is 2.51. The summed E-state index contributed by atoms with van der Waals surface area (Å²) >= 11 is 0. The van der Waals surface area contributed by atoms with Gasteiger partial charge in [-0.2, -0.15) is 0 Å². The summed E-state index contributed by atoms with van der Waals surface area (Å²) in [5.74, 6) is 0.685. The van der Waals surface area contributed by atoms with E-state index in [9.17, 15) is 0 Å². The van der Waals surface area contributed by atoms with Gasteiger partial charge in [0.2, 0.25) is 0 Å². The first-order valence-corrected chi connectivity index (χ1v) is 10.1. The Kier molecular flexibility index (Phi) is 3.82. The summed E-state index contributed by atoms with van der Waals surface area (Å²) < 4.78 is 0. The van der Waals surface area contributed by atoms with Crippen LogP contribution in [0.1, 0.15) is 47.6 Å². The van der Waals surface area contributed by atoms with Crippen LogP contribution in [0, 0.1) is 13.8 Å². The average molecular weight is 348 g/mol. The third-order valence-corrected chi connectivity index (χ3v) is 7.10. The summed E-state index contributed by atoms with van der Waals surface area (Å²) in [7, 11) is 2.36. The van der Waals surface area contributed by atoms with Crippen molar-refractivity contribution in [1.82, 2.24) is 9.88 Å². The number of rotatable bonds is 3. The number of nitrogens with zero attached hydrogens (tertiary/aromatic N) is 3. The van der Waals surface area contributed by atoms with Gasteiger partial charge in [0.05, 0.1) is 0 Å². The largest absolute Gasteiger partial charge is 0.367 e. The lowest BCUT2D eigenvalue weighted by Gasteiger charge is -2.43. The van der Waals surface area contributed by atoms with Crippen molar-refractivity contribution in [1.29, 1.82) is 0 Å². The standard InChI is InChI=1S/C23H29N3/c1-15-4-8-20-19(12-15)23-21-9-7-18(25(21)3)13-22(23)26(20)11-10-17-6-5-16(2)24-14-17/h4-6,8,12,14,18,21-23H,7,9-11,13H2,1-3H3. The maximum atomic E-state index is 4.48. The molecular weight excluding hydrogens is 318 g/mol. The molecule has 0 N–H and O–H groups in total. The Balaban J connectivity index is 1.46. The molecule has 4 unspecified atom stereocenters. The smallest absolute Gasteiger partial charge is 0.0406 e. The minimum absolute atomic E-state index is 0.680. The highest BCUT2D eigenvalue weighted by Crippen LogP contribution is 2.52. The molecule has 0 radical (unpaired) electrons. The zero-order valence-electron chi connectivity index (χ0n) is 16.2. The fraction of sp³-hybridized carbons (Fsp3) is 0.522. The van der Waals surface area contributed by atoms with Crippen molar-refractivity contribution in [2.45, 2.75) is 63.6 Å². The molecule has 26 heavy (non-hydrogen) atoms. The van der Waals surface area contributed by atoms with Gasteiger partial charge in [-0.1, -0.05) is 23.8 Å². The Morgan fingerprint density at radius 1 is 1.08 bits per heavy atom. The average Bonchev–Trinajstić information content (AvgIpc) is 3.04. The van der Waals surface area contributed by atoms with Crippen LogP contribution in [-0.4, -0.2) is 41.6 Å². The van der Waals surface area contributed by atoms with Gasteiger partial charge in [0.25, 0.3) is 0 Å². The molecule has 4 atom stereocenters. The second-order valence-corrected chi connectivity index (χ2v) is 8.61. The minimum atomic E-state index is 0.680. The zero-order chi connectivity index (χ0) is 17.8. The molecule has 1 aromatic heterocycles. The first-order valence-electron chi connectivity index (χ1n) is 10.1. The molecule has 1 aromatic carbocycles. The highest BCUT2D eigenvalue weighted by atomic mass is 15.3. The molecule has 0 amide bonds. The fourth-order valence-electron chi connectivity index (χ4n) is 5.74. The molecule has 0 aliphatic carbocycles. The molecule has 2 aromatic rings. The van der Waals surface area contributed by atoms with Crippen molar-refractivity contribution in [3.05, 3.63) is 58.9 Å². The van der Waals surface area contributed by atoms with E-state index in [4.69, 9.17) is 0 Å². The minimum Gasteiger partial charge on any atom is -0.367 e. The van der Waals surface area contributed by atoms with Crippen LogP contribution in [0.5, 0.6) is 0 Å². The molecule has 136 valence electrons. The van der Waals surface area contributed by atoms with Gasteiger partial charge in [0, 0.05) is 48.2 Å². The molecule has 2 fully saturated rings. The van der Waals surface area contributed by atoms with Crippen molar-refractivity contribution in [2.24, 2.45) is 0 Å². The van der Waals surface area contributed by atoms with E-state index in [2.05, 4.69) is 72.2 Å². The van der Waals surface area contributed by atoms with E-state index < -0.39 is 0 Å². The van der Waals surface area contributed by atoms with Crippen LogP contribution in [-0.2, 0) is 6.42 Å². The zero-order valence-corrected chi connectivity index (χ0v) is 16.2. The lowest BCUT2D eigenvalue weighted by atomic mass is 9.83. The predicted molar refractivity (Wildman–Crippen MR) is 107 cm³/mol. The fourth-order valence-corrected chi connectivity index (χ4v) is 5.74. The van der Waals surface area contributed by atoms with E-state index in [1.165, 1.54) is 36.1 Å². The van der Waals surface area contributed by atoms with E-state index in [1.807, 2.05) is 0 Å². The molecule has 2 saturated heterocycles. The third-order valence-electron chi connectivity index (χ3n) is 7.10. The molecule has 3 nitrogen and oxygen atoms in total. The van der Waals surface area contributed by atoms with E-state index >= 15 is 0 Å². The lowest BCUT2D eigenvalue weighted by molar-refractivity contribution is 0.142. The van der Waals surface area contributed by atoms with Gasteiger partial charge < -0.3 is 4.90 Å². The predicted octanol–water partition coefficient (Wildman–Crippen LogP) is 4.08. The number of hydrogen-bond acceptors (Lipinski definition) is 3. The van der Waals surface area contributed by atoms with Crippen molar-refractivity contribution >= 4 is 5.69 Å². The number of piperidine rings is 1. The molecule has 3 heteroatoms. The summed E-state index contributed by atoms with van der Waals surface area (Å²) in [6, 6.07) is 13.7. The summed E-state index contributed by atoms with van der Waals surface area (Å²) in [4.78, 5) is 9.90. The van der Waals surface area contributed by atoms with E-state index in [0.717, 1.165) is 30.7 Å². The third kappa shape index (κ3) is 2.48. The number of likely N-dealkylation sites (N-methyl/N-ethyl adjacent to an activating group) is 1. The van der Waals surface area contributed by atoms with Gasteiger partial charge in [-0.25, -0.2) is 0 Å². The summed E-state index contributed by atoms with van der Waals surface area (Å²) in [6.45, 7) is 5.40. The maximum absolute atomic E-state index is 4.48. The summed E-state index contributed by atoms with van der Waals surface area (Å²) in [5.41, 5.74) is 6.95. The SMILES string of the molecule is Cc1ccc2c(c1)C1C(CC3CCC1N3C)N2CCc1ccc(C)nc1. The first-order chi connectivity index (χ1) is 12.6. The van der Waals surface area contributed by atoms with E-state index in [1.54, 1.807) is 5.56 Å². The Morgan fingerprint density at radius 3 is 2.77 bits per heavy atom. The van der Waals surface area contributed by atoms with Gasteiger partial charge in [0.1, 0.15) is 0 Å². The van der Waals surface area contributed by atoms with Gasteiger partial charge in [-0.3, -0.25) is 9.88 Å². The van der Waals surface area contributed by atoms with Gasteiger partial charge in [-0.05, 0) is 69.8 Å². The van der Waals surface area contributed by atoms with Crippen molar-refractivity contribution in [3.8, 4) is 0 Å². The second kappa shape index (κ2) is 6.09. The number of benzene rings is 1. The maximum Gasteiger partial charge on any atom is 0.0406 e. The van der Waals surface area contributed by atoms with Gasteiger partial charge in [-0.15, -0.1) is 0 Å². The topological polar surface area (TPSA) is 19.4 Å². The first kappa shape index (κ1) is 16.3. The van der Waals surface area contributed by atoms with Gasteiger partial charge >= 0.3 is 0 Å². The summed E-state index contributed by atoms with van der Waals surface area (Å²) in [6.07, 6.45) is 7.19. The van der Waals surface area contributed by atoms with E-state index in [-0.39, 0.29) is 0 Å². The normalized spacial score (nSPS) is 29.7. The van der Waals surface area contributed by atoms with Crippen LogP contribution in [0.25, 0.3) is 0 Å². The molecule has 2 bridgehead atoms. The van der Waals surface area contributed by atoms with Crippen LogP contribution < -0.4 is 4.90 Å². The summed E-state index contributed by atoms with van der Waals surface area (Å²) in [5, 5.41) is 0. The molecule has 4 heterocycles. The number of anilines is 1. The number of hydrogen-bond donors (Lipinski definition) is 0. The Bertz CT molecular complexity index is 813. The molecule has 0 spiro atoms. The van der Waals surface area contributed by atoms with Crippen molar-refractivity contribution in [2.75, 3.05) is 18.5 Å². The van der Waals surface area contributed by atoms with Crippen molar-refractivity contribution in [3.63, 3.8) is 0 Å². The van der Waals surface area contributed by atoms with Gasteiger partial charge in [0.15, 0.2) is 0 Å². The second-order valence-electron chi connectivity index (χ2n) is 8.61. The van der Waals surface area contributed by atoms with Crippen LogP contribution in [0.2, 0.25) is 0 Å². The Labute approximate surface area is 157 Å². The molecule has 3 aliphatic rings.